The number of thiocarbonyl (C=S) groups is 1. The fourth-order valence-corrected chi connectivity index (χ4v) is 2.61. The van der Waals surface area contributed by atoms with Gasteiger partial charge in [0.15, 0.2) is 5.11 Å². The lowest BCUT2D eigenvalue weighted by atomic mass is 10.1. The zero-order valence-electron chi connectivity index (χ0n) is 12.0. The Morgan fingerprint density at radius 1 is 1.14 bits per heavy atom. The summed E-state index contributed by atoms with van der Waals surface area (Å²) in [7, 11) is 1.64. The average molecular weight is 355 g/mol. The number of hydrogen-bond donors (Lipinski definition) is 2. The Kier molecular flexibility index (Phi) is 6.31. The van der Waals surface area contributed by atoms with Crippen molar-refractivity contribution in [3.05, 3.63) is 58.1 Å². The highest BCUT2D eigenvalue weighted by Crippen LogP contribution is 2.21. The van der Waals surface area contributed by atoms with Crippen LogP contribution in [0.2, 0.25) is 10.0 Å². The van der Waals surface area contributed by atoms with E-state index in [1.54, 1.807) is 13.2 Å². The smallest absolute Gasteiger partial charge is 0.170 e. The molecule has 0 amide bonds. The molecule has 0 bridgehead atoms. The molecule has 2 rings (SSSR count). The van der Waals surface area contributed by atoms with Gasteiger partial charge in [0.05, 0.1) is 7.11 Å². The number of methoxy groups -OCH3 is 1. The van der Waals surface area contributed by atoms with Gasteiger partial charge in [-0.25, -0.2) is 0 Å². The van der Waals surface area contributed by atoms with Crippen molar-refractivity contribution in [2.24, 2.45) is 0 Å². The van der Waals surface area contributed by atoms with Crippen LogP contribution in [0.25, 0.3) is 0 Å². The van der Waals surface area contributed by atoms with Crippen molar-refractivity contribution in [1.82, 2.24) is 5.32 Å². The summed E-state index contributed by atoms with van der Waals surface area (Å²) in [5.74, 6) is 0.807. The highest BCUT2D eigenvalue weighted by Gasteiger charge is 2.02. The van der Waals surface area contributed by atoms with Crippen LogP contribution >= 0.6 is 35.4 Å². The molecule has 0 unspecified atom stereocenters. The lowest BCUT2D eigenvalue weighted by Gasteiger charge is -2.11. The summed E-state index contributed by atoms with van der Waals surface area (Å²) in [5, 5.41) is 8.13. The molecule has 0 aliphatic carbocycles. The van der Waals surface area contributed by atoms with E-state index in [0.717, 1.165) is 23.4 Å². The minimum absolute atomic E-state index is 0.565. The van der Waals surface area contributed by atoms with Gasteiger partial charge < -0.3 is 15.4 Å². The second kappa shape index (κ2) is 8.22. The molecule has 0 saturated carbocycles. The topological polar surface area (TPSA) is 33.3 Å². The molecule has 0 saturated heterocycles. The Balaban J connectivity index is 1.79. The molecule has 0 aromatic heterocycles. The molecule has 22 heavy (non-hydrogen) atoms. The van der Waals surface area contributed by atoms with E-state index in [1.807, 2.05) is 36.4 Å². The van der Waals surface area contributed by atoms with Crippen LogP contribution in [0.5, 0.6) is 5.75 Å². The summed E-state index contributed by atoms with van der Waals surface area (Å²) in [6, 6.07) is 13.1. The maximum absolute atomic E-state index is 6.13. The van der Waals surface area contributed by atoms with Gasteiger partial charge >= 0.3 is 0 Å². The average Bonchev–Trinajstić information content (AvgIpc) is 2.50. The van der Waals surface area contributed by atoms with Crippen molar-refractivity contribution in [2.45, 2.75) is 6.42 Å². The van der Waals surface area contributed by atoms with Gasteiger partial charge in [0.25, 0.3) is 0 Å². The number of nitrogens with one attached hydrogen (secondary N) is 2. The summed E-state index contributed by atoms with van der Waals surface area (Å²) in [6.07, 6.45) is 0.764. The maximum atomic E-state index is 6.13. The van der Waals surface area contributed by atoms with E-state index in [4.69, 9.17) is 40.2 Å². The van der Waals surface area contributed by atoms with E-state index in [-0.39, 0.29) is 0 Å². The largest absolute Gasteiger partial charge is 0.497 e. The number of benzene rings is 2. The predicted octanol–water partition coefficient (Wildman–Crippen LogP) is 4.53. The van der Waals surface area contributed by atoms with Gasteiger partial charge in [-0.3, -0.25) is 0 Å². The van der Waals surface area contributed by atoms with Crippen LogP contribution in [0.4, 0.5) is 5.69 Å². The van der Waals surface area contributed by atoms with Crippen LogP contribution in [0.15, 0.2) is 42.5 Å². The maximum Gasteiger partial charge on any atom is 0.170 e. The van der Waals surface area contributed by atoms with Crippen LogP contribution in [0.3, 0.4) is 0 Å². The normalized spacial score (nSPS) is 10.1. The summed E-state index contributed by atoms with van der Waals surface area (Å²) in [6.45, 7) is 0.684. The fourth-order valence-electron chi connectivity index (χ4n) is 1.88. The third-order valence-electron chi connectivity index (χ3n) is 3.04. The zero-order chi connectivity index (χ0) is 15.9. The minimum Gasteiger partial charge on any atom is -0.497 e. The van der Waals surface area contributed by atoms with Crippen molar-refractivity contribution in [3.8, 4) is 5.75 Å². The van der Waals surface area contributed by atoms with Crippen LogP contribution in [0, 0.1) is 0 Å². The van der Waals surface area contributed by atoms with Gasteiger partial charge in [0.2, 0.25) is 0 Å². The first kappa shape index (κ1) is 16.9. The first-order valence-corrected chi connectivity index (χ1v) is 7.88. The second-order valence-electron chi connectivity index (χ2n) is 4.60. The third kappa shape index (κ3) is 5.05. The van der Waals surface area contributed by atoms with Crippen LogP contribution in [0.1, 0.15) is 5.56 Å². The summed E-state index contributed by atoms with van der Waals surface area (Å²) < 4.78 is 5.11. The number of ether oxygens (including phenoxy) is 1. The Labute approximate surface area is 145 Å². The van der Waals surface area contributed by atoms with Gasteiger partial charge in [0, 0.05) is 22.3 Å². The number of halogens is 2. The molecule has 2 aromatic rings. The molecule has 0 heterocycles. The van der Waals surface area contributed by atoms with Crippen molar-refractivity contribution in [2.75, 3.05) is 19.0 Å². The number of hydrogen-bond acceptors (Lipinski definition) is 2. The van der Waals surface area contributed by atoms with Crippen LogP contribution in [-0.2, 0) is 6.42 Å². The second-order valence-corrected chi connectivity index (χ2v) is 5.85. The van der Waals surface area contributed by atoms with Gasteiger partial charge in [0.1, 0.15) is 5.75 Å². The van der Waals surface area contributed by atoms with Gasteiger partial charge in [-0.15, -0.1) is 0 Å². The Bertz CT molecular complexity index is 647. The lowest BCUT2D eigenvalue weighted by Crippen LogP contribution is -2.30. The van der Waals surface area contributed by atoms with Crippen molar-refractivity contribution >= 4 is 46.2 Å². The van der Waals surface area contributed by atoms with Crippen LogP contribution in [-0.4, -0.2) is 18.8 Å². The van der Waals surface area contributed by atoms with Gasteiger partial charge in [-0.2, -0.15) is 0 Å². The van der Waals surface area contributed by atoms with Crippen molar-refractivity contribution < 1.29 is 4.74 Å². The summed E-state index contributed by atoms with van der Waals surface area (Å²) in [4.78, 5) is 0. The molecule has 6 heteroatoms. The highest BCUT2D eigenvalue weighted by atomic mass is 35.5. The molecule has 0 radical (unpaired) electrons. The minimum atomic E-state index is 0.565. The quantitative estimate of drug-likeness (QED) is 0.772. The number of anilines is 1. The van der Waals surface area contributed by atoms with Gasteiger partial charge in [-0.05, 0) is 60.6 Å². The SMILES string of the molecule is COc1ccc(NC(=S)NCCc2ccc(Cl)cc2Cl)cc1. The molecular formula is C16H16Cl2N2OS. The van der Waals surface area contributed by atoms with Gasteiger partial charge in [-0.1, -0.05) is 29.3 Å². The Morgan fingerprint density at radius 2 is 1.86 bits per heavy atom. The number of rotatable bonds is 5. The molecule has 116 valence electrons. The monoisotopic (exact) mass is 354 g/mol. The van der Waals surface area contributed by atoms with Crippen LogP contribution < -0.4 is 15.4 Å². The zero-order valence-corrected chi connectivity index (χ0v) is 14.4. The molecular weight excluding hydrogens is 339 g/mol. The summed E-state index contributed by atoms with van der Waals surface area (Å²) in [5.41, 5.74) is 1.94. The van der Waals surface area contributed by atoms with E-state index in [1.165, 1.54) is 0 Å². The first-order valence-electron chi connectivity index (χ1n) is 6.71. The van der Waals surface area contributed by atoms with E-state index in [9.17, 15) is 0 Å². The van der Waals surface area contributed by atoms with E-state index in [0.29, 0.717) is 21.7 Å². The lowest BCUT2D eigenvalue weighted by molar-refractivity contribution is 0.415. The molecule has 0 fully saturated rings. The van der Waals surface area contributed by atoms with Crippen molar-refractivity contribution in [3.63, 3.8) is 0 Å². The predicted molar refractivity (Wildman–Crippen MR) is 97.4 cm³/mol. The summed E-state index contributed by atoms with van der Waals surface area (Å²) >= 11 is 17.3. The van der Waals surface area contributed by atoms with Crippen molar-refractivity contribution in [1.29, 1.82) is 0 Å². The Hall–Kier alpha value is -1.49. The molecule has 0 spiro atoms. The molecule has 2 N–H and O–H groups in total. The standard InChI is InChI=1S/C16H16Cl2N2OS/c1-21-14-6-4-13(5-7-14)20-16(22)19-9-8-11-2-3-12(17)10-15(11)18/h2-7,10H,8-9H2,1H3,(H2,19,20,22). The first-order chi connectivity index (χ1) is 10.6. The van der Waals surface area contributed by atoms with E-state index < -0.39 is 0 Å². The van der Waals surface area contributed by atoms with E-state index in [2.05, 4.69) is 10.6 Å². The molecule has 3 nitrogen and oxygen atoms in total. The Morgan fingerprint density at radius 3 is 2.50 bits per heavy atom. The third-order valence-corrected chi connectivity index (χ3v) is 3.88. The highest BCUT2D eigenvalue weighted by molar-refractivity contribution is 7.80. The van der Waals surface area contributed by atoms with E-state index >= 15 is 0 Å². The molecule has 0 atom stereocenters. The fraction of sp³-hybridized carbons (Fsp3) is 0.188. The molecule has 0 aliphatic rings. The molecule has 2 aromatic carbocycles. The molecule has 0 aliphatic heterocycles.